The summed E-state index contributed by atoms with van der Waals surface area (Å²) in [6.45, 7) is 3.79. The van der Waals surface area contributed by atoms with E-state index in [4.69, 9.17) is 19.3 Å². The number of rotatable bonds is 7. The van der Waals surface area contributed by atoms with Crippen molar-refractivity contribution in [2.45, 2.75) is 20.0 Å². The number of aromatic carboxylic acids is 1. The number of hydrogen-bond donors (Lipinski definition) is 2. The summed E-state index contributed by atoms with van der Waals surface area (Å²) in [6.07, 6.45) is -0.0243. The smallest absolute Gasteiger partial charge is 0.339 e. The lowest BCUT2D eigenvalue weighted by Crippen LogP contribution is -2.13. The van der Waals surface area contributed by atoms with Crippen LogP contribution in [-0.4, -0.2) is 37.3 Å². The van der Waals surface area contributed by atoms with E-state index in [1.807, 2.05) is 13.8 Å². The Morgan fingerprint density at radius 1 is 0.962 bits per heavy atom. The zero-order valence-corrected chi connectivity index (χ0v) is 15.0. The van der Waals surface area contributed by atoms with Gasteiger partial charge in [-0.15, -0.1) is 0 Å². The van der Waals surface area contributed by atoms with Crippen molar-refractivity contribution in [1.29, 1.82) is 0 Å². The summed E-state index contributed by atoms with van der Waals surface area (Å²) in [5.74, 6) is -0.319. The molecule has 7 heteroatoms. The molecule has 2 aromatic carbocycles. The monoisotopic (exact) mass is 359 g/mol. The highest BCUT2D eigenvalue weighted by atomic mass is 16.5. The maximum atomic E-state index is 12.5. The van der Waals surface area contributed by atoms with Gasteiger partial charge in [-0.3, -0.25) is 4.79 Å². The fourth-order valence-electron chi connectivity index (χ4n) is 2.31. The molecule has 26 heavy (non-hydrogen) atoms. The minimum Gasteiger partial charge on any atom is -0.496 e. The van der Waals surface area contributed by atoms with Gasteiger partial charge >= 0.3 is 5.97 Å². The molecule has 0 atom stereocenters. The number of carbonyl (C=O) groups is 2. The average Bonchev–Trinajstić information content (AvgIpc) is 2.61. The Morgan fingerprint density at radius 3 is 2.23 bits per heavy atom. The van der Waals surface area contributed by atoms with E-state index < -0.39 is 5.97 Å². The number of carboxylic acid groups (broad SMARTS) is 1. The first-order valence-electron chi connectivity index (χ1n) is 7.93. The van der Waals surface area contributed by atoms with Crippen LogP contribution >= 0.6 is 0 Å². The standard InChI is InChI=1S/C19H21NO6/c1-11(2)26-15-8-5-12(9-17(15)25-4)18(21)20-13-6-7-14(19(22)23)16(10-13)24-3/h5-11H,1-4H3,(H,20,21)(H,22,23). The normalized spacial score (nSPS) is 10.3. The number of anilines is 1. The molecule has 0 heterocycles. The lowest BCUT2D eigenvalue weighted by molar-refractivity contribution is 0.0693. The van der Waals surface area contributed by atoms with Gasteiger partial charge in [-0.05, 0) is 44.2 Å². The van der Waals surface area contributed by atoms with Crippen molar-refractivity contribution in [1.82, 2.24) is 0 Å². The summed E-state index contributed by atoms with van der Waals surface area (Å²) >= 11 is 0. The molecule has 0 aromatic heterocycles. The molecule has 0 radical (unpaired) electrons. The molecule has 0 aliphatic heterocycles. The number of carboxylic acids is 1. The van der Waals surface area contributed by atoms with Crippen molar-refractivity contribution in [3.05, 3.63) is 47.5 Å². The Balaban J connectivity index is 2.23. The Kier molecular flexibility index (Phi) is 6.06. The van der Waals surface area contributed by atoms with Crippen molar-refractivity contribution in [2.24, 2.45) is 0 Å². The van der Waals surface area contributed by atoms with Crippen LogP contribution in [0.2, 0.25) is 0 Å². The zero-order valence-electron chi connectivity index (χ0n) is 15.0. The lowest BCUT2D eigenvalue weighted by Gasteiger charge is -2.14. The first-order valence-corrected chi connectivity index (χ1v) is 7.93. The molecule has 0 aliphatic rings. The van der Waals surface area contributed by atoms with Crippen molar-refractivity contribution in [2.75, 3.05) is 19.5 Å². The van der Waals surface area contributed by atoms with Gasteiger partial charge in [0.05, 0.1) is 20.3 Å². The summed E-state index contributed by atoms with van der Waals surface area (Å²) in [6, 6.07) is 9.19. The molecule has 0 saturated heterocycles. The molecule has 138 valence electrons. The molecule has 0 spiro atoms. The minimum absolute atomic E-state index is 0.0161. The van der Waals surface area contributed by atoms with E-state index in [-0.39, 0.29) is 23.3 Å². The van der Waals surface area contributed by atoms with Crippen molar-refractivity contribution < 1.29 is 28.9 Å². The quantitative estimate of drug-likeness (QED) is 0.786. The fourth-order valence-corrected chi connectivity index (χ4v) is 2.31. The van der Waals surface area contributed by atoms with Gasteiger partial charge in [-0.25, -0.2) is 4.79 Å². The summed E-state index contributed by atoms with van der Waals surface area (Å²) in [4.78, 5) is 23.6. The van der Waals surface area contributed by atoms with E-state index in [1.165, 1.54) is 32.4 Å². The molecule has 2 rings (SSSR count). The van der Waals surface area contributed by atoms with E-state index >= 15 is 0 Å². The second-order valence-corrected chi connectivity index (χ2v) is 5.71. The van der Waals surface area contributed by atoms with Crippen LogP contribution in [0.4, 0.5) is 5.69 Å². The topological polar surface area (TPSA) is 94.1 Å². The van der Waals surface area contributed by atoms with Crippen molar-refractivity contribution in [3.63, 3.8) is 0 Å². The molecule has 0 saturated carbocycles. The van der Waals surface area contributed by atoms with Crippen molar-refractivity contribution >= 4 is 17.6 Å². The fraction of sp³-hybridized carbons (Fsp3) is 0.263. The first kappa shape index (κ1) is 19.1. The minimum atomic E-state index is -1.11. The number of amides is 1. The molecule has 7 nitrogen and oxygen atoms in total. The highest BCUT2D eigenvalue weighted by Crippen LogP contribution is 2.30. The third-order valence-corrected chi connectivity index (χ3v) is 3.48. The molecule has 0 unspecified atom stereocenters. The Bertz CT molecular complexity index is 816. The Morgan fingerprint density at radius 2 is 1.65 bits per heavy atom. The number of hydrogen-bond acceptors (Lipinski definition) is 5. The van der Waals surface area contributed by atoms with E-state index in [2.05, 4.69) is 5.32 Å². The van der Waals surface area contributed by atoms with E-state index in [1.54, 1.807) is 18.2 Å². The summed E-state index contributed by atoms with van der Waals surface area (Å²) in [5.41, 5.74) is 0.805. The lowest BCUT2D eigenvalue weighted by atomic mass is 10.1. The number of carbonyl (C=O) groups excluding carboxylic acids is 1. The largest absolute Gasteiger partial charge is 0.496 e. The van der Waals surface area contributed by atoms with Crippen LogP contribution in [0.25, 0.3) is 0 Å². The highest BCUT2D eigenvalue weighted by Gasteiger charge is 2.15. The third-order valence-electron chi connectivity index (χ3n) is 3.48. The maximum absolute atomic E-state index is 12.5. The molecule has 0 bridgehead atoms. The van der Waals surface area contributed by atoms with E-state index in [0.717, 1.165) is 0 Å². The molecule has 2 aromatic rings. The molecule has 1 amide bonds. The van der Waals surface area contributed by atoms with Gasteiger partial charge in [-0.1, -0.05) is 0 Å². The van der Waals surface area contributed by atoms with Gasteiger partial charge in [0.15, 0.2) is 11.5 Å². The van der Waals surface area contributed by atoms with Crippen molar-refractivity contribution in [3.8, 4) is 17.2 Å². The highest BCUT2D eigenvalue weighted by molar-refractivity contribution is 6.05. The average molecular weight is 359 g/mol. The second kappa shape index (κ2) is 8.24. The third kappa shape index (κ3) is 4.44. The predicted molar refractivity (Wildman–Crippen MR) is 96.7 cm³/mol. The van der Waals surface area contributed by atoms with Crippen LogP contribution in [0.5, 0.6) is 17.2 Å². The Hall–Kier alpha value is -3.22. The number of methoxy groups -OCH3 is 2. The van der Waals surface area contributed by atoms with Crippen LogP contribution in [0.3, 0.4) is 0 Å². The molecule has 0 aliphatic carbocycles. The maximum Gasteiger partial charge on any atom is 0.339 e. The van der Waals surface area contributed by atoms with Crippen LogP contribution in [-0.2, 0) is 0 Å². The van der Waals surface area contributed by atoms with E-state index in [0.29, 0.717) is 22.7 Å². The molecule has 0 fully saturated rings. The summed E-state index contributed by atoms with van der Waals surface area (Å²) < 4.78 is 16.0. The molecular formula is C19H21NO6. The first-order chi connectivity index (χ1) is 12.3. The van der Waals surface area contributed by atoms with Crippen LogP contribution in [0.1, 0.15) is 34.6 Å². The van der Waals surface area contributed by atoms with Gasteiger partial charge in [0.1, 0.15) is 11.3 Å². The Labute approximate surface area is 151 Å². The predicted octanol–water partition coefficient (Wildman–Crippen LogP) is 3.44. The zero-order chi connectivity index (χ0) is 19.3. The van der Waals surface area contributed by atoms with Gasteiger partial charge in [0, 0.05) is 17.3 Å². The van der Waals surface area contributed by atoms with Gasteiger partial charge in [-0.2, -0.15) is 0 Å². The van der Waals surface area contributed by atoms with Gasteiger partial charge < -0.3 is 24.6 Å². The number of benzene rings is 2. The second-order valence-electron chi connectivity index (χ2n) is 5.71. The molecular weight excluding hydrogens is 338 g/mol. The van der Waals surface area contributed by atoms with Crippen LogP contribution < -0.4 is 19.5 Å². The summed E-state index contributed by atoms with van der Waals surface area (Å²) in [5, 5.41) is 11.8. The number of nitrogens with one attached hydrogen (secondary N) is 1. The summed E-state index contributed by atoms with van der Waals surface area (Å²) in [7, 11) is 2.87. The number of ether oxygens (including phenoxy) is 3. The van der Waals surface area contributed by atoms with E-state index in [9.17, 15) is 9.59 Å². The van der Waals surface area contributed by atoms with Gasteiger partial charge in [0.2, 0.25) is 0 Å². The molecule has 2 N–H and O–H groups in total. The SMILES string of the molecule is COc1cc(C(=O)Nc2ccc(C(=O)O)c(OC)c2)ccc1OC(C)C. The van der Waals surface area contributed by atoms with Crippen LogP contribution in [0, 0.1) is 0 Å². The van der Waals surface area contributed by atoms with Crippen LogP contribution in [0.15, 0.2) is 36.4 Å². The van der Waals surface area contributed by atoms with Gasteiger partial charge in [0.25, 0.3) is 5.91 Å².